The maximum Gasteiger partial charge on any atom is 0.265 e. The van der Waals surface area contributed by atoms with E-state index in [1.165, 1.54) is 0 Å². The molecule has 0 bridgehead atoms. The van der Waals surface area contributed by atoms with E-state index >= 15 is 0 Å². The Morgan fingerprint density at radius 3 is 2.55 bits per heavy atom. The molecule has 64 valence electrons. The molecule has 0 heterocycles. The molecule has 11 heavy (non-hydrogen) atoms. The van der Waals surface area contributed by atoms with Crippen molar-refractivity contribution in [3.63, 3.8) is 0 Å². The van der Waals surface area contributed by atoms with Gasteiger partial charge in [-0.05, 0) is 6.08 Å². The average Bonchev–Trinajstić information content (AvgIpc) is 1.85. The molecule has 0 spiro atoms. The summed E-state index contributed by atoms with van der Waals surface area (Å²) < 4.78 is 28.4. The van der Waals surface area contributed by atoms with E-state index in [0.29, 0.717) is 0 Å². The molecule has 0 atom stereocenters. The summed E-state index contributed by atoms with van der Waals surface area (Å²) in [4.78, 5) is 10.5. The minimum atomic E-state index is -3.94. The third-order valence-electron chi connectivity index (χ3n) is 0.752. The lowest BCUT2D eigenvalue weighted by molar-refractivity contribution is -0.107. The number of rotatable bonds is 4. The van der Waals surface area contributed by atoms with Crippen molar-refractivity contribution in [2.24, 2.45) is 0 Å². The summed E-state index contributed by atoms with van der Waals surface area (Å²) in [5, 5.41) is -0.298. The Hall–Kier alpha value is -0.330. The Labute approximate surface area is 69.4 Å². The van der Waals surface area contributed by atoms with Gasteiger partial charge in [0.1, 0.15) is 0 Å². The predicted molar refractivity (Wildman–Crippen MR) is 44.1 cm³/mol. The number of carbonyl (C=O) groups excluding carboxylic acids is 1. The Kier molecular flexibility index (Phi) is 4.39. The molecule has 0 rings (SSSR count). The van der Waals surface area contributed by atoms with Crippen molar-refractivity contribution in [3.8, 4) is 0 Å². The Morgan fingerprint density at radius 1 is 1.64 bits per heavy atom. The molecular weight excluding hydrogens is 188 g/mol. The van der Waals surface area contributed by atoms with E-state index < -0.39 is 15.9 Å². The maximum absolute atomic E-state index is 10.5. The summed E-state index contributed by atoms with van der Waals surface area (Å²) in [6.45, 7) is 3.19. The normalized spacial score (nSPS) is 11.0. The standard InChI is InChI=1S/C5H8O4S2/c1-2-5(6)10-3-4-11(7,8)9/h2H,1,3-4H2,(H,7,8,9). The lowest BCUT2D eigenvalue weighted by Crippen LogP contribution is -2.06. The smallest absolute Gasteiger partial charge is 0.265 e. The molecule has 0 aromatic carbocycles. The van der Waals surface area contributed by atoms with Crippen molar-refractivity contribution in [2.75, 3.05) is 11.5 Å². The number of hydrogen-bond donors (Lipinski definition) is 1. The fourth-order valence-electron chi connectivity index (χ4n) is 0.306. The number of hydrogen-bond acceptors (Lipinski definition) is 4. The van der Waals surface area contributed by atoms with Crippen LogP contribution >= 0.6 is 11.8 Å². The fraction of sp³-hybridized carbons (Fsp3) is 0.400. The summed E-state index contributed by atoms with van der Waals surface area (Å²) in [7, 11) is -3.94. The second-order valence-corrected chi connectivity index (χ2v) is 4.33. The van der Waals surface area contributed by atoms with E-state index in [1.807, 2.05) is 0 Å². The van der Waals surface area contributed by atoms with Crippen molar-refractivity contribution in [3.05, 3.63) is 12.7 Å². The van der Waals surface area contributed by atoms with Gasteiger partial charge in [-0.3, -0.25) is 9.35 Å². The molecule has 0 amide bonds. The molecular formula is C5H8O4S2. The third-order valence-corrected chi connectivity index (χ3v) is 2.59. The van der Waals surface area contributed by atoms with Crippen LogP contribution < -0.4 is 0 Å². The quantitative estimate of drug-likeness (QED) is 0.518. The van der Waals surface area contributed by atoms with Gasteiger partial charge in [0.2, 0.25) is 5.12 Å². The summed E-state index contributed by atoms with van der Waals surface area (Å²) >= 11 is 0.807. The highest BCUT2D eigenvalue weighted by Crippen LogP contribution is 2.02. The highest BCUT2D eigenvalue weighted by molar-refractivity contribution is 8.14. The van der Waals surface area contributed by atoms with Crippen molar-refractivity contribution in [1.82, 2.24) is 0 Å². The molecule has 4 nitrogen and oxygen atoms in total. The molecule has 0 aliphatic carbocycles. The molecule has 6 heteroatoms. The first kappa shape index (κ1) is 10.7. The lowest BCUT2D eigenvalue weighted by Gasteiger charge is -1.93. The zero-order chi connectivity index (χ0) is 8.91. The van der Waals surface area contributed by atoms with Gasteiger partial charge in [0.15, 0.2) is 0 Å². The Balaban J connectivity index is 3.59. The molecule has 0 radical (unpaired) electrons. The minimum Gasteiger partial charge on any atom is -0.286 e. The van der Waals surface area contributed by atoms with Crippen LogP contribution in [0.2, 0.25) is 0 Å². The van der Waals surface area contributed by atoms with Gasteiger partial charge in [-0.2, -0.15) is 8.42 Å². The van der Waals surface area contributed by atoms with E-state index in [4.69, 9.17) is 4.55 Å². The Bertz CT molecular complexity index is 241. The topological polar surface area (TPSA) is 71.4 Å². The largest absolute Gasteiger partial charge is 0.286 e. The molecule has 1 N–H and O–H groups in total. The van der Waals surface area contributed by atoms with E-state index in [9.17, 15) is 13.2 Å². The first-order valence-electron chi connectivity index (χ1n) is 2.70. The summed E-state index contributed by atoms with van der Waals surface area (Å²) in [5.41, 5.74) is 0. The molecule has 0 unspecified atom stereocenters. The van der Waals surface area contributed by atoms with Gasteiger partial charge in [-0.1, -0.05) is 18.3 Å². The van der Waals surface area contributed by atoms with Crippen molar-refractivity contribution >= 4 is 27.0 Å². The van der Waals surface area contributed by atoms with Crippen LogP contribution in [-0.4, -0.2) is 29.6 Å². The molecule has 0 fully saturated rings. The van der Waals surface area contributed by atoms with Gasteiger partial charge in [-0.15, -0.1) is 0 Å². The second-order valence-electron chi connectivity index (χ2n) is 1.66. The fourth-order valence-corrected chi connectivity index (χ4v) is 1.80. The number of carbonyl (C=O) groups is 1. The lowest BCUT2D eigenvalue weighted by atomic mass is 10.7. The van der Waals surface area contributed by atoms with E-state index in [-0.39, 0.29) is 10.9 Å². The van der Waals surface area contributed by atoms with Crippen molar-refractivity contribution < 1.29 is 17.8 Å². The van der Waals surface area contributed by atoms with Crippen LogP contribution in [0.5, 0.6) is 0 Å². The highest BCUT2D eigenvalue weighted by atomic mass is 32.2. The van der Waals surface area contributed by atoms with Crippen LogP contribution in [0.25, 0.3) is 0 Å². The van der Waals surface area contributed by atoms with Crippen molar-refractivity contribution in [2.45, 2.75) is 0 Å². The minimum absolute atomic E-state index is 0.0592. The monoisotopic (exact) mass is 196 g/mol. The zero-order valence-corrected chi connectivity index (χ0v) is 7.32. The van der Waals surface area contributed by atoms with Gasteiger partial charge in [0.05, 0.1) is 5.75 Å². The molecule has 0 aromatic rings. The first-order chi connectivity index (χ1) is 4.95. The maximum atomic E-state index is 10.5. The SMILES string of the molecule is C=CC(=O)SCCS(=O)(=O)O. The third kappa shape index (κ3) is 7.57. The Morgan fingerprint density at radius 2 is 2.18 bits per heavy atom. The van der Waals surface area contributed by atoms with Crippen LogP contribution in [0.15, 0.2) is 12.7 Å². The van der Waals surface area contributed by atoms with Gasteiger partial charge < -0.3 is 0 Å². The molecule has 0 saturated heterocycles. The highest BCUT2D eigenvalue weighted by Gasteiger charge is 2.05. The van der Waals surface area contributed by atoms with E-state index in [0.717, 1.165) is 17.8 Å². The van der Waals surface area contributed by atoms with Crippen LogP contribution in [0.1, 0.15) is 0 Å². The molecule has 0 aliphatic heterocycles. The van der Waals surface area contributed by atoms with Crippen LogP contribution in [0.4, 0.5) is 0 Å². The predicted octanol–water partition coefficient (Wildman–Crippen LogP) is 0.320. The molecule has 0 saturated carbocycles. The van der Waals surface area contributed by atoms with Crippen LogP contribution in [0, 0.1) is 0 Å². The summed E-state index contributed by atoms with van der Waals surface area (Å²) in [6.07, 6.45) is 1.09. The summed E-state index contributed by atoms with van der Waals surface area (Å²) in [6, 6.07) is 0. The van der Waals surface area contributed by atoms with Crippen LogP contribution in [-0.2, 0) is 14.9 Å². The van der Waals surface area contributed by atoms with Gasteiger partial charge >= 0.3 is 0 Å². The van der Waals surface area contributed by atoms with Crippen LogP contribution in [0.3, 0.4) is 0 Å². The molecule has 0 aliphatic rings. The molecule has 0 aromatic heterocycles. The van der Waals surface area contributed by atoms with Gasteiger partial charge in [0.25, 0.3) is 10.1 Å². The van der Waals surface area contributed by atoms with Gasteiger partial charge in [-0.25, -0.2) is 0 Å². The zero-order valence-electron chi connectivity index (χ0n) is 5.69. The van der Waals surface area contributed by atoms with Gasteiger partial charge in [0, 0.05) is 5.75 Å². The first-order valence-corrected chi connectivity index (χ1v) is 5.29. The van der Waals surface area contributed by atoms with Crippen molar-refractivity contribution in [1.29, 1.82) is 0 Å². The second kappa shape index (κ2) is 4.53. The number of thioether (sulfide) groups is 1. The van der Waals surface area contributed by atoms with E-state index in [1.54, 1.807) is 0 Å². The van der Waals surface area contributed by atoms with E-state index in [2.05, 4.69) is 6.58 Å². The average molecular weight is 196 g/mol. The summed E-state index contributed by atoms with van der Waals surface area (Å²) in [5.74, 6) is -0.346.